The third kappa shape index (κ3) is 4.33. The summed E-state index contributed by atoms with van der Waals surface area (Å²) >= 11 is 0. The van der Waals surface area contributed by atoms with E-state index in [9.17, 15) is 9.90 Å². The zero-order chi connectivity index (χ0) is 15.8. The molecule has 0 unspecified atom stereocenters. The first kappa shape index (κ1) is 15.5. The van der Waals surface area contributed by atoms with E-state index in [2.05, 4.69) is 10.6 Å². The van der Waals surface area contributed by atoms with Crippen LogP contribution in [-0.4, -0.2) is 17.7 Å². The molecule has 0 fully saturated rings. The maximum Gasteiger partial charge on any atom is 0.315 e. The highest BCUT2D eigenvalue weighted by Gasteiger charge is 2.12. The fraction of sp³-hybridized carbons (Fsp3) is 0.176. The number of nitrogens with one attached hydrogen (secondary N) is 2. The number of hydrogen-bond donors (Lipinski definition) is 3. The maximum absolute atomic E-state index is 11.9. The van der Waals surface area contributed by atoms with Gasteiger partial charge in [0.2, 0.25) is 0 Å². The first-order chi connectivity index (χ1) is 10.7. The van der Waals surface area contributed by atoms with Gasteiger partial charge in [0.1, 0.15) is 0 Å². The summed E-state index contributed by atoms with van der Waals surface area (Å²) < 4.78 is 0. The number of hydrogen-bond acceptors (Lipinski definition) is 3. The number of carbonyl (C=O) groups is 1. The highest BCUT2D eigenvalue weighted by molar-refractivity contribution is 5.74. The third-order valence-corrected chi connectivity index (χ3v) is 3.23. The number of nitriles is 1. The summed E-state index contributed by atoms with van der Waals surface area (Å²) in [6.07, 6.45) is 0. The van der Waals surface area contributed by atoms with E-state index in [1.54, 1.807) is 24.3 Å². The Morgan fingerprint density at radius 1 is 1.14 bits per heavy atom. The van der Waals surface area contributed by atoms with Gasteiger partial charge < -0.3 is 15.7 Å². The Labute approximate surface area is 129 Å². The van der Waals surface area contributed by atoms with Crippen molar-refractivity contribution in [1.29, 1.82) is 5.26 Å². The lowest BCUT2D eigenvalue weighted by atomic mass is 10.1. The molecule has 3 N–H and O–H groups in total. The molecular formula is C17H17N3O2. The minimum Gasteiger partial charge on any atom is -0.394 e. The van der Waals surface area contributed by atoms with Crippen LogP contribution in [0.1, 0.15) is 22.7 Å². The van der Waals surface area contributed by atoms with Crippen molar-refractivity contribution >= 4 is 6.03 Å². The summed E-state index contributed by atoms with van der Waals surface area (Å²) in [5, 5.41) is 23.6. The molecule has 0 aliphatic rings. The molecule has 0 aliphatic heterocycles. The number of urea groups is 1. The molecule has 0 radical (unpaired) electrons. The zero-order valence-electron chi connectivity index (χ0n) is 12.0. The van der Waals surface area contributed by atoms with Crippen LogP contribution in [0.5, 0.6) is 0 Å². The molecule has 0 aromatic heterocycles. The second-order valence-corrected chi connectivity index (χ2v) is 4.78. The second-order valence-electron chi connectivity index (χ2n) is 4.78. The van der Waals surface area contributed by atoms with Gasteiger partial charge in [0.15, 0.2) is 0 Å². The van der Waals surface area contributed by atoms with Crippen LogP contribution in [0.25, 0.3) is 0 Å². The van der Waals surface area contributed by atoms with Crippen LogP contribution in [0, 0.1) is 11.3 Å². The molecule has 2 amide bonds. The molecule has 2 aromatic rings. The van der Waals surface area contributed by atoms with E-state index >= 15 is 0 Å². The van der Waals surface area contributed by atoms with Crippen LogP contribution >= 0.6 is 0 Å². The lowest BCUT2D eigenvalue weighted by molar-refractivity contribution is 0.216. The molecule has 0 saturated heterocycles. The lowest BCUT2D eigenvalue weighted by Gasteiger charge is -2.17. The maximum atomic E-state index is 11.9. The highest BCUT2D eigenvalue weighted by atomic mass is 16.3. The lowest BCUT2D eigenvalue weighted by Crippen LogP contribution is -2.38. The predicted octanol–water partition coefficient (Wildman–Crippen LogP) is 2.09. The van der Waals surface area contributed by atoms with Gasteiger partial charge in [0.05, 0.1) is 24.3 Å². The average molecular weight is 295 g/mol. The smallest absolute Gasteiger partial charge is 0.315 e. The monoisotopic (exact) mass is 295 g/mol. The van der Waals surface area contributed by atoms with E-state index in [0.29, 0.717) is 12.1 Å². The van der Waals surface area contributed by atoms with Gasteiger partial charge in [-0.05, 0) is 23.3 Å². The number of aliphatic hydroxyl groups excluding tert-OH is 1. The topological polar surface area (TPSA) is 85.2 Å². The van der Waals surface area contributed by atoms with Crippen LogP contribution < -0.4 is 10.6 Å². The van der Waals surface area contributed by atoms with Crippen molar-refractivity contribution < 1.29 is 9.90 Å². The molecule has 5 heteroatoms. The minimum absolute atomic E-state index is 0.172. The van der Waals surface area contributed by atoms with E-state index in [1.807, 2.05) is 36.4 Å². The van der Waals surface area contributed by atoms with Crippen molar-refractivity contribution in [1.82, 2.24) is 10.6 Å². The number of carbonyl (C=O) groups excluding carboxylic acids is 1. The van der Waals surface area contributed by atoms with Crippen molar-refractivity contribution in [2.45, 2.75) is 12.6 Å². The first-order valence-corrected chi connectivity index (χ1v) is 6.92. The summed E-state index contributed by atoms with van der Waals surface area (Å²) in [6, 6.07) is 17.5. The molecule has 22 heavy (non-hydrogen) atoms. The Morgan fingerprint density at radius 3 is 2.41 bits per heavy atom. The molecule has 0 saturated carbocycles. The first-order valence-electron chi connectivity index (χ1n) is 6.92. The van der Waals surface area contributed by atoms with Gasteiger partial charge in [-0.15, -0.1) is 0 Å². The number of amides is 2. The standard InChI is InChI=1S/C17H17N3O2/c18-10-13-6-8-14(9-7-13)11-19-17(22)20-16(12-21)15-4-2-1-3-5-15/h1-9,16,21H,11-12H2,(H2,19,20,22)/t16-/m1/s1. The van der Waals surface area contributed by atoms with Crippen molar-refractivity contribution in [3.63, 3.8) is 0 Å². The van der Waals surface area contributed by atoms with Gasteiger partial charge in [-0.1, -0.05) is 42.5 Å². The number of aliphatic hydroxyl groups is 1. The van der Waals surface area contributed by atoms with E-state index in [-0.39, 0.29) is 12.6 Å². The van der Waals surface area contributed by atoms with Gasteiger partial charge in [0, 0.05) is 6.54 Å². The van der Waals surface area contributed by atoms with E-state index in [1.165, 1.54) is 0 Å². The average Bonchev–Trinajstić information content (AvgIpc) is 2.59. The highest BCUT2D eigenvalue weighted by Crippen LogP contribution is 2.11. The largest absolute Gasteiger partial charge is 0.394 e. The molecule has 0 heterocycles. The van der Waals surface area contributed by atoms with Gasteiger partial charge in [0.25, 0.3) is 0 Å². The molecule has 5 nitrogen and oxygen atoms in total. The summed E-state index contributed by atoms with van der Waals surface area (Å²) in [5.41, 5.74) is 2.32. The van der Waals surface area contributed by atoms with Crippen LogP contribution in [0.15, 0.2) is 54.6 Å². The van der Waals surface area contributed by atoms with Gasteiger partial charge >= 0.3 is 6.03 Å². The SMILES string of the molecule is N#Cc1ccc(CNC(=O)N[C@H](CO)c2ccccc2)cc1. The molecule has 0 spiro atoms. The van der Waals surface area contributed by atoms with Gasteiger partial charge in [-0.2, -0.15) is 5.26 Å². The normalized spacial score (nSPS) is 11.3. The Morgan fingerprint density at radius 2 is 1.82 bits per heavy atom. The quantitative estimate of drug-likeness (QED) is 0.789. The number of nitrogens with zero attached hydrogens (tertiary/aromatic N) is 1. The molecule has 0 bridgehead atoms. The van der Waals surface area contributed by atoms with Gasteiger partial charge in [-0.25, -0.2) is 4.79 Å². The van der Waals surface area contributed by atoms with Crippen molar-refractivity contribution in [3.8, 4) is 6.07 Å². The van der Waals surface area contributed by atoms with Crippen LogP contribution in [0.4, 0.5) is 4.79 Å². The van der Waals surface area contributed by atoms with E-state index in [4.69, 9.17) is 5.26 Å². The summed E-state index contributed by atoms with van der Waals surface area (Å²) in [5.74, 6) is 0. The Hall–Kier alpha value is -2.84. The van der Waals surface area contributed by atoms with Crippen molar-refractivity contribution in [2.24, 2.45) is 0 Å². The van der Waals surface area contributed by atoms with E-state index < -0.39 is 6.04 Å². The second kappa shape index (κ2) is 7.81. The summed E-state index contributed by atoms with van der Waals surface area (Å²) in [4.78, 5) is 11.9. The third-order valence-electron chi connectivity index (χ3n) is 3.23. The predicted molar refractivity (Wildman–Crippen MR) is 82.8 cm³/mol. The van der Waals surface area contributed by atoms with Crippen LogP contribution in [0.2, 0.25) is 0 Å². The fourth-order valence-electron chi connectivity index (χ4n) is 2.01. The fourth-order valence-corrected chi connectivity index (χ4v) is 2.01. The number of rotatable bonds is 5. The molecule has 112 valence electrons. The van der Waals surface area contributed by atoms with Crippen LogP contribution in [0.3, 0.4) is 0 Å². The minimum atomic E-state index is -0.442. The van der Waals surface area contributed by atoms with E-state index in [0.717, 1.165) is 11.1 Å². The zero-order valence-corrected chi connectivity index (χ0v) is 12.0. The number of benzene rings is 2. The molecular weight excluding hydrogens is 278 g/mol. The van der Waals surface area contributed by atoms with Crippen molar-refractivity contribution in [3.05, 3.63) is 71.3 Å². The molecule has 0 aliphatic carbocycles. The Kier molecular flexibility index (Phi) is 5.52. The summed E-state index contributed by atoms with van der Waals surface area (Å²) in [6.45, 7) is 0.179. The Bertz CT molecular complexity index is 648. The van der Waals surface area contributed by atoms with Crippen LogP contribution in [-0.2, 0) is 6.54 Å². The van der Waals surface area contributed by atoms with Gasteiger partial charge in [-0.3, -0.25) is 0 Å². The molecule has 1 atom stereocenters. The van der Waals surface area contributed by atoms with Crippen molar-refractivity contribution in [2.75, 3.05) is 6.61 Å². The molecule has 2 aromatic carbocycles. The summed E-state index contributed by atoms with van der Waals surface area (Å²) in [7, 11) is 0. The Balaban J connectivity index is 1.87. The molecule has 2 rings (SSSR count).